The third kappa shape index (κ3) is 22.0. The number of nitrogens with two attached hydrogens (primary N) is 1. The zero-order chi connectivity index (χ0) is 22.7. The van der Waals surface area contributed by atoms with Gasteiger partial charge in [0.1, 0.15) is 31.0 Å². The topological polar surface area (TPSA) is 63.9 Å². The lowest BCUT2D eigenvalue weighted by molar-refractivity contribution is -0.671. The van der Waals surface area contributed by atoms with Gasteiger partial charge >= 0.3 is 14.5 Å². The summed E-state index contributed by atoms with van der Waals surface area (Å²) >= 11 is 0. The number of aromatic nitrogens is 4. The van der Waals surface area contributed by atoms with Crippen LogP contribution in [0.4, 0.5) is 34.5 Å². The van der Waals surface area contributed by atoms with Gasteiger partial charge < -0.3 is 39.6 Å². The van der Waals surface area contributed by atoms with Crippen LogP contribution in [-0.4, -0.2) is 28.7 Å². The highest BCUT2D eigenvalue weighted by Crippen LogP contribution is 2.07. The highest BCUT2D eigenvalue weighted by molar-refractivity contribution is 6.50. The average molecular weight is 427 g/mol. The molecule has 0 bridgehead atoms. The third-order valence-corrected chi connectivity index (χ3v) is 2.48. The van der Waals surface area contributed by atoms with Crippen LogP contribution >= 0.6 is 0 Å². The van der Waals surface area contributed by atoms with Crippen molar-refractivity contribution in [1.29, 1.82) is 0 Å². The first-order valence-corrected chi connectivity index (χ1v) is 7.64. The SMILES string of the molecule is CC(N)n1cc[n+](C)c1.CC(O)n1cc[n+](C)c1.F[B-](F)(F)F.F[B-](F)(F)F. The molecule has 2 atom stereocenters. The highest BCUT2D eigenvalue weighted by Gasteiger charge is 2.21. The lowest BCUT2D eigenvalue weighted by Gasteiger charge is -1.96. The van der Waals surface area contributed by atoms with Crippen molar-refractivity contribution in [3.8, 4) is 0 Å². The summed E-state index contributed by atoms with van der Waals surface area (Å²) in [6, 6.07) is 0. The second-order valence-electron chi connectivity index (χ2n) is 5.41. The maximum atomic E-state index is 9.75. The minimum absolute atomic E-state index is 0.0752. The van der Waals surface area contributed by atoms with Gasteiger partial charge in [0.2, 0.25) is 12.7 Å². The van der Waals surface area contributed by atoms with Crippen LogP contribution in [0.2, 0.25) is 0 Å². The van der Waals surface area contributed by atoms with Crippen molar-refractivity contribution in [2.24, 2.45) is 19.8 Å². The molecule has 2 unspecified atom stereocenters. The van der Waals surface area contributed by atoms with E-state index in [4.69, 9.17) is 10.8 Å². The molecular formula is C12H23B2F8N5O. The molecule has 3 N–H and O–H groups in total. The van der Waals surface area contributed by atoms with Gasteiger partial charge in [-0.05, 0) is 6.92 Å². The predicted octanol–water partition coefficient (Wildman–Crippen LogP) is 2.21. The van der Waals surface area contributed by atoms with Crippen LogP contribution in [0.1, 0.15) is 26.2 Å². The van der Waals surface area contributed by atoms with Gasteiger partial charge in [-0.2, -0.15) is 0 Å². The third-order valence-electron chi connectivity index (χ3n) is 2.48. The van der Waals surface area contributed by atoms with E-state index in [-0.39, 0.29) is 6.17 Å². The molecule has 0 spiro atoms. The van der Waals surface area contributed by atoms with Crippen LogP contribution in [0.15, 0.2) is 37.4 Å². The second kappa shape index (κ2) is 12.4. The van der Waals surface area contributed by atoms with E-state index in [1.807, 2.05) is 72.2 Å². The Morgan fingerprint density at radius 3 is 1.18 bits per heavy atom. The molecular weight excluding hydrogens is 404 g/mol. The molecule has 0 aliphatic rings. The van der Waals surface area contributed by atoms with Crippen molar-refractivity contribution < 1.29 is 48.8 Å². The fourth-order valence-corrected chi connectivity index (χ4v) is 1.40. The van der Waals surface area contributed by atoms with Crippen molar-refractivity contribution in [2.45, 2.75) is 26.2 Å². The molecule has 2 heterocycles. The summed E-state index contributed by atoms with van der Waals surface area (Å²) in [4.78, 5) is 0. The number of halogens is 8. The number of aryl methyl sites for hydroxylation is 2. The Hall–Kier alpha value is -2.09. The fourth-order valence-electron chi connectivity index (χ4n) is 1.40. The summed E-state index contributed by atoms with van der Waals surface area (Å²) < 4.78 is 85.5. The number of rotatable bonds is 2. The Morgan fingerprint density at radius 2 is 1.07 bits per heavy atom. The molecule has 16 heteroatoms. The normalized spacial score (nSPS) is 13.1. The smallest absolute Gasteiger partial charge is 0.418 e. The zero-order valence-corrected chi connectivity index (χ0v) is 15.6. The summed E-state index contributed by atoms with van der Waals surface area (Å²) in [6.45, 7) is 3.67. The minimum atomic E-state index is -6.00. The Morgan fingerprint density at radius 1 is 0.786 bits per heavy atom. The number of aliphatic hydroxyl groups excluding tert-OH is 1. The molecule has 0 fully saturated rings. The first-order valence-electron chi connectivity index (χ1n) is 7.64. The van der Waals surface area contributed by atoms with Gasteiger partial charge in [-0.1, -0.05) is 0 Å². The summed E-state index contributed by atoms with van der Waals surface area (Å²) in [7, 11) is -8.11. The van der Waals surface area contributed by atoms with Crippen LogP contribution in [-0.2, 0) is 14.1 Å². The molecule has 0 aliphatic carbocycles. The van der Waals surface area contributed by atoms with E-state index in [2.05, 4.69) is 0 Å². The molecule has 0 radical (unpaired) electrons. The largest absolute Gasteiger partial charge is 0.673 e. The molecule has 0 amide bonds. The maximum Gasteiger partial charge on any atom is 0.673 e. The van der Waals surface area contributed by atoms with Gasteiger partial charge in [-0.25, -0.2) is 18.3 Å². The van der Waals surface area contributed by atoms with Crippen molar-refractivity contribution in [3.05, 3.63) is 37.4 Å². The Labute approximate surface area is 157 Å². The summed E-state index contributed by atoms with van der Waals surface area (Å²) in [6.07, 6.45) is 11.0. The first kappa shape index (κ1) is 28.1. The molecule has 164 valence electrons. The molecule has 28 heavy (non-hydrogen) atoms. The highest BCUT2D eigenvalue weighted by atomic mass is 19.5. The van der Waals surface area contributed by atoms with Crippen LogP contribution in [0.5, 0.6) is 0 Å². The molecule has 2 rings (SSSR count). The standard InChI is InChI=1S/C6H12N3.C6H11N2O.2BF4/c1-6(7)9-4-3-8(2)5-9;1-6(9)8-4-3-7(2)5-8;2*2-1(3,4)5/h3-6H,7H2,1-2H3;3-6,9H,1-2H3;;/q2*+1;2*-1. The van der Waals surface area contributed by atoms with Gasteiger partial charge in [0, 0.05) is 6.92 Å². The molecule has 0 saturated carbocycles. The van der Waals surface area contributed by atoms with Gasteiger partial charge in [0.05, 0.1) is 14.1 Å². The number of hydrogen-bond acceptors (Lipinski definition) is 2. The monoisotopic (exact) mass is 427 g/mol. The second-order valence-corrected chi connectivity index (χ2v) is 5.41. The number of nitrogens with zero attached hydrogens (tertiary/aromatic N) is 4. The van der Waals surface area contributed by atoms with Gasteiger partial charge in [0.15, 0.2) is 6.23 Å². The summed E-state index contributed by atoms with van der Waals surface area (Å²) in [5, 5.41) is 8.99. The molecule has 0 aromatic carbocycles. The van der Waals surface area contributed by atoms with Crippen molar-refractivity contribution in [3.63, 3.8) is 0 Å². The molecule has 2 aromatic heterocycles. The summed E-state index contributed by atoms with van der Waals surface area (Å²) in [5.41, 5.74) is 5.58. The number of hydrogen-bond donors (Lipinski definition) is 2. The maximum absolute atomic E-state index is 9.75. The van der Waals surface area contributed by atoms with E-state index < -0.39 is 20.7 Å². The van der Waals surface area contributed by atoms with E-state index in [1.165, 1.54) is 0 Å². The van der Waals surface area contributed by atoms with E-state index in [0.717, 1.165) is 0 Å². The Bertz CT molecular complexity index is 589. The Balaban J connectivity index is 0. The average Bonchev–Trinajstić information content (AvgIpc) is 3.04. The van der Waals surface area contributed by atoms with Gasteiger partial charge in [-0.3, -0.25) is 5.73 Å². The van der Waals surface area contributed by atoms with Gasteiger partial charge in [-0.15, -0.1) is 0 Å². The van der Waals surface area contributed by atoms with E-state index >= 15 is 0 Å². The lowest BCUT2D eigenvalue weighted by atomic mass is 10.3. The number of imidazole rings is 2. The van der Waals surface area contributed by atoms with E-state index in [1.54, 1.807) is 11.5 Å². The van der Waals surface area contributed by atoms with Crippen LogP contribution in [0.25, 0.3) is 0 Å². The van der Waals surface area contributed by atoms with Crippen molar-refractivity contribution >= 4 is 14.5 Å². The van der Waals surface area contributed by atoms with Gasteiger partial charge in [0.25, 0.3) is 0 Å². The van der Waals surface area contributed by atoms with Crippen molar-refractivity contribution in [2.75, 3.05) is 0 Å². The molecule has 0 aliphatic heterocycles. The molecule has 6 nitrogen and oxygen atoms in total. The predicted molar refractivity (Wildman–Crippen MR) is 87.4 cm³/mol. The van der Waals surface area contributed by atoms with Crippen molar-refractivity contribution in [1.82, 2.24) is 9.13 Å². The first-order chi connectivity index (χ1) is 12.4. The minimum Gasteiger partial charge on any atom is -0.418 e. The fraction of sp³-hybridized carbons (Fsp3) is 0.500. The lowest BCUT2D eigenvalue weighted by Crippen LogP contribution is -2.25. The van der Waals surface area contributed by atoms with E-state index in [0.29, 0.717) is 0 Å². The molecule has 2 aromatic rings. The van der Waals surface area contributed by atoms with Crippen LogP contribution in [0.3, 0.4) is 0 Å². The summed E-state index contributed by atoms with van der Waals surface area (Å²) in [5.74, 6) is 0. The quantitative estimate of drug-likeness (QED) is 0.439. The van der Waals surface area contributed by atoms with E-state index in [9.17, 15) is 34.5 Å². The van der Waals surface area contributed by atoms with Crippen LogP contribution < -0.4 is 14.9 Å². The van der Waals surface area contributed by atoms with Crippen LogP contribution in [0, 0.1) is 0 Å². The molecule has 0 saturated heterocycles. The zero-order valence-electron chi connectivity index (χ0n) is 15.6. The Kier molecular flexibility index (Phi) is 12.4. The number of aliphatic hydroxyl groups is 1.